The van der Waals surface area contributed by atoms with E-state index in [2.05, 4.69) is 123 Å². The Morgan fingerprint density at radius 3 is 1.24 bits per heavy atom. The summed E-state index contributed by atoms with van der Waals surface area (Å²) in [5.74, 6) is -0.542. The number of likely N-dealkylation sites (N-methyl/N-ethyl adjacent to an activating group) is 1. The molecule has 2 N–H and O–H groups in total. The first-order chi connectivity index (χ1) is 38.4. The number of unbranched alkanes of at least 4 members (excludes halogenated alkanes) is 25. The molecule has 0 radical (unpaired) electrons. The summed E-state index contributed by atoms with van der Waals surface area (Å²) in [4.78, 5) is 37.7. The molecule has 79 heavy (non-hydrogen) atoms. The van der Waals surface area contributed by atoms with Gasteiger partial charge in [-0.05, 0) is 115 Å². The number of amides is 1. The SMILES string of the molecule is CC/C=C\C/C=C\C/C=C\C/C=C\C/C=C\CCCCCCCCCCCC(=O)NC(COP(=O)(O)OCC[N+](C)(C)C)C(/C=C\CCCCCCCCCCC)OC(=O)CCCCCC/C=C\C/C=C\C/C=C\CCCCC. The maximum Gasteiger partial charge on any atom is 0.472 e. The summed E-state index contributed by atoms with van der Waals surface area (Å²) in [5, 5.41) is 3.05. The summed E-state index contributed by atoms with van der Waals surface area (Å²) in [6.07, 6.45) is 79.4. The first-order valence-corrected chi connectivity index (χ1v) is 33.7. The fraction of sp³-hybridized carbons (Fsp3) is 0.710. The van der Waals surface area contributed by atoms with Crippen LogP contribution in [-0.2, 0) is 27.9 Å². The maximum absolute atomic E-state index is 13.6. The number of phosphoric ester groups is 1. The van der Waals surface area contributed by atoms with Crippen LogP contribution >= 0.6 is 7.82 Å². The Balaban J connectivity index is 5.18. The molecule has 3 unspecified atom stereocenters. The second-order valence-electron chi connectivity index (χ2n) is 22.5. The van der Waals surface area contributed by atoms with Gasteiger partial charge >= 0.3 is 13.8 Å². The van der Waals surface area contributed by atoms with E-state index in [4.69, 9.17) is 13.8 Å². The summed E-state index contributed by atoms with van der Waals surface area (Å²) < 4.78 is 30.7. The van der Waals surface area contributed by atoms with Crippen LogP contribution in [-0.4, -0.2) is 74.3 Å². The Labute approximate surface area is 487 Å². The second kappa shape index (κ2) is 57.9. The third-order valence-corrected chi connectivity index (χ3v) is 14.7. The van der Waals surface area contributed by atoms with Gasteiger partial charge in [0.05, 0.1) is 33.8 Å². The van der Waals surface area contributed by atoms with Gasteiger partial charge in [0.1, 0.15) is 19.3 Å². The van der Waals surface area contributed by atoms with Crippen LogP contribution in [0.2, 0.25) is 0 Å². The zero-order valence-corrected chi connectivity index (χ0v) is 52.7. The normalized spacial score (nSPS) is 14.4. The van der Waals surface area contributed by atoms with Crippen LogP contribution in [0.25, 0.3) is 0 Å². The molecule has 0 heterocycles. The van der Waals surface area contributed by atoms with E-state index < -0.39 is 20.0 Å². The molecular weight excluding hydrogens is 1000 g/mol. The van der Waals surface area contributed by atoms with Gasteiger partial charge in [-0.3, -0.25) is 18.6 Å². The van der Waals surface area contributed by atoms with Crippen molar-refractivity contribution in [1.82, 2.24) is 5.32 Å². The van der Waals surface area contributed by atoms with Gasteiger partial charge in [-0.1, -0.05) is 246 Å². The van der Waals surface area contributed by atoms with Gasteiger partial charge in [0.25, 0.3) is 0 Å². The van der Waals surface area contributed by atoms with Crippen molar-refractivity contribution in [2.75, 3.05) is 40.9 Å². The number of nitrogens with zero attached hydrogens (tertiary/aromatic N) is 1. The summed E-state index contributed by atoms with van der Waals surface area (Å²) in [7, 11) is 1.47. The first-order valence-electron chi connectivity index (χ1n) is 32.2. The number of hydrogen-bond acceptors (Lipinski definition) is 6. The third-order valence-electron chi connectivity index (χ3n) is 13.7. The highest BCUT2D eigenvalue weighted by Gasteiger charge is 2.30. The molecule has 0 saturated carbocycles. The van der Waals surface area contributed by atoms with E-state index in [1.54, 1.807) is 0 Å². The number of carbonyl (C=O) groups is 2. The molecule has 0 aromatic heterocycles. The van der Waals surface area contributed by atoms with E-state index in [1.165, 1.54) is 103 Å². The number of carbonyl (C=O) groups excluding carboxylic acids is 2. The lowest BCUT2D eigenvalue weighted by atomic mass is 10.0. The number of esters is 1. The number of hydrogen-bond donors (Lipinski definition) is 2. The number of phosphoric acid groups is 1. The quantitative estimate of drug-likeness (QED) is 0.0205. The van der Waals surface area contributed by atoms with E-state index in [1.807, 2.05) is 33.3 Å². The lowest BCUT2D eigenvalue weighted by Gasteiger charge is -2.27. The molecule has 0 fully saturated rings. The van der Waals surface area contributed by atoms with Crippen LogP contribution in [0.5, 0.6) is 0 Å². The molecule has 0 spiro atoms. The molecule has 0 aromatic rings. The predicted molar refractivity (Wildman–Crippen MR) is 341 cm³/mol. The van der Waals surface area contributed by atoms with Crippen molar-refractivity contribution in [3.63, 3.8) is 0 Å². The summed E-state index contributed by atoms with van der Waals surface area (Å²) in [6.45, 7) is 6.84. The molecule has 1 amide bonds. The molecule has 0 aliphatic rings. The molecule has 3 atom stereocenters. The van der Waals surface area contributed by atoms with E-state index in [-0.39, 0.29) is 31.5 Å². The molecule has 0 aromatic carbocycles. The van der Waals surface area contributed by atoms with Gasteiger partial charge in [0.2, 0.25) is 5.91 Å². The van der Waals surface area contributed by atoms with Crippen molar-refractivity contribution in [2.45, 2.75) is 277 Å². The van der Waals surface area contributed by atoms with Gasteiger partial charge in [-0.25, -0.2) is 4.57 Å². The monoisotopic (exact) mass is 1120 g/mol. The average Bonchev–Trinajstić information content (AvgIpc) is 3.41. The highest BCUT2D eigenvalue weighted by molar-refractivity contribution is 7.47. The fourth-order valence-electron chi connectivity index (χ4n) is 8.74. The molecule has 10 heteroatoms. The van der Waals surface area contributed by atoms with Crippen molar-refractivity contribution in [3.8, 4) is 0 Å². The van der Waals surface area contributed by atoms with E-state index in [0.717, 1.165) is 122 Å². The first kappa shape index (κ1) is 75.7. The highest BCUT2D eigenvalue weighted by atomic mass is 31.2. The summed E-state index contributed by atoms with van der Waals surface area (Å²) in [6, 6.07) is -0.868. The number of quaternary nitrogens is 1. The smallest absolute Gasteiger partial charge is 0.456 e. The highest BCUT2D eigenvalue weighted by Crippen LogP contribution is 2.43. The van der Waals surface area contributed by atoms with Crippen LogP contribution in [0.4, 0.5) is 0 Å². The van der Waals surface area contributed by atoms with E-state index >= 15 is 0 Å². The lowest BCUT2D eigenvalue weighted by molar-refractivity contribution is -0.870. The van der Waals surface area contributed by atoms with Crippen LogP contribution in [0.15, 0.2) is 109 Å². The Morgan fingerprint density at radius 2 is 0.810 bits per heavy atom. The van der Waals surface area contributed by atoms with Crippen LogP contribution in [0.3, 0.4) is 0 Å². The standard InChI is InChI=1S/C69H121N2O7P/c1-7-10-13-16-19-22-25-27-29-31-32-33-34-35-36-37-38-40-41-43-46-49-52-55-58-61-68(72)70-66(65-77-79(74,75)76-64-63-71(4,5)6)67(60-57-54-51-48-45-24-21-18-15-12-9-3)78-69(73)62-59-56-53-50-47-44-42-39-30-28-26-23-20-17-14-11-8-2/h10,13,19-20,22-23,27-30,32-33,35-36,42,44,57,60,66-67H,7-9,11-12,14-18,21,24-26,31,34,37-41,43,45-56,58-59,61-65H2,1-6H3,(H-,70,72,74,75)/p+1/b13-10-,22-19-,23-20-,29-27-,30-28-,33-32-,36-35-,44-42-,60-57-. The molecule has 454 valence electrons. The summed E-state index contributed by atoms with van der Waals surface area (Å²) >= 11 is 0. The molecule has 9 nitrogen and oxygen atoms in total. The fourth-order valence-corrected chi connectivity index (χ4v) is 9.47. The Kier molecular flexibility index (Phi) is 55.4. The van der Waals surface area contributed by atoms with Crippen molar-refractivity contribution in [2.24, 2.45) is 0 Å². The van der Waals surface area contributed by atoms with Crippen LogP contribution in [0.1, 0.15) is 265 Å². The Morgan fingerprint density at radius 1 is 0.456 bits per heavy atom. The minimum absolute atomic E-state index is 0.0299. The van der Waals surface area contributed by atoms with Crippen LogP contribution < -0.4 is 5.32 Å². The van der Waals surface area contributed by atoms with Crippen molar-refractivity contribution in [3.05, 3.63) is 109 Å². The molecule has 0 aliphatic carbocycles. The molecule has 0 rings (SSSR count). The molecule has 0 bridgehead atoms. The average molecular weight is 1120 g/mol. The number of ether oxygens (including phenoxy) is 1. The van der Waals surface area contributed by atoms with Crippen molar-refractivity contribution in [1.29, 1.82) is 0 Å². The predicted octanol–water partition coefficient (Wildman–Crippen LogP) is 20.1. The van der Waals surface area contributed by atoms with E-state index in [0.29, 0.717) is 23.9 Å². The van der Waals surface area contributed by atoms with Crippen LogP contribution in [0, 0.1) is 0 Å². The molecular formula is C69H122N2O7P+. The van der Waals surface area contributed by atoms with Gasteiger partial charge < -0.3 is 19.4 Å². The minimum Gasteiger partial charge on any atom is -0.456 e. The zero-order chi connectivity index (χ0) is 57.9. The van der Waals surface area contributed by atoms with Gasteiger partial charge in [0.15, 0.2) is 0 Å². The van der Waals surface area contributed by atoms with Gasteiger partial charge in [0, 0.05) is 12.8 Å². The van der Waals surface area contributed by atoms with Gasteiger partial charge in [-0.2, -0.15) is 0 Å². The Hall–Kier alpha value is -3.33. The number of rotatable bonds is 57. The summed E-state index contributed by atoms with van der Waals surface area (Å²) in [5.41, 5.74) is 0. The zero-order valence-electron chi connectivity index (χ0n) is 51.8. The topological polar surface area (TPSA) is 111 Å². The van der Waals surface area contributed by atoms with E-state index in [9.17, 15) is 19.0 Å². The number of nitrogens with one attached hydrogen (secondary N) is 1. The third kappa shape index (κ3) is 59.1. The van der Waals surface area contributed by atoms with Gasteiger partial charge in [-0.15, -0.1) is 0 Å². The minimum atomic E-state index is -4.46. The largest absolute Gasteiger partial charge is 0.472 e. The molecule has 0 saturated heterocycles. The second-order valence-corrected chi connectivity index (χ2v) is 24.0. The van der Waals surface area contributed by atoms with Crippen molar-refractivity contribution >= 4 is 19.7 Å². The lowest BCUT2D eigenvalue weighted by Crippen LogP contribution is -2.47. The Bertz CT molecular complexity index is 1720. The maximum atomic E-state index is 13.6. The van der Waals surface area contributed by atoms with Crippen molar-refractivity contribution < 1.29 is 37.3 Å². The molecule has 0 aliphatic heterocycles. The number of allylic oxidation sites excluding steroid dienone is 17.